The van der Waals surface area contributed by atoms with Gasteiger partial charge in [-0.05, 0) is 73.8 Å². The van der Waals surface area contributed by atoms with E-state index in [-0.39, 0.29) is 18.2 Å². The van der Waals surface area contributed by atoms with Crippen LogP contribution in [-0.2, 0) is 9.84 Å². The van der Waals surface area contributed by atoms with Crippen molar-refractivity contribution in [2.45, 2.75) is 37.6 Å². The molecule has 0 bridgehead atoms. The maximum absolute atomic E-state index is 13.0. The molecule has 1 unspecified atom stereocenters. The molecule has 5 rings (SSSR count). The highest BCUT2D eigenvalue weighted by molar-refractivity contribution is 7.90. The van der Waals surface area contributed by atoms with Crippen molar-refractivity contribution in [3.05, 3.63) is 77.4 Å². The quantitative estimate of drug-likeness (QED) is 0.278. The number of benzene rings is 2. The molecule has 1 saturated heterocycles. The summed E-state index contributed by atoms with van der Waals surface area (Å²) < 4.78 is 25.8. The average molecular weight is 571 g/mol. The molecule has 3 heterocycles. The first kappa shape index (κ1) is 28.0. The lowest BCUT2D eigenvalue weighted by Gasteiger charge is -2.10. The van der Waals surface area contributed by atoms with E-state index < -0.39 is 9.84 Å². The third kappa shape index (κ3) is 6.18. The minimum Gasteiger partial charge on any atom is -0.351 e. The number of aromatic nitrogens is 2. The van der Waals surface area contributed by atoms with E-state index >= 15 is 0 Å². The van der Waals surface area contributed by atoms with E-state index in [9.17, 15) is 13.2 Å². The van der Waals surface area contributed by atoms with Gasteiger partial charge in [0.25, 0.3) is 5.91 Å². The van der Waals surface area contributed by atoms with Gasteiger partial charge in [-0.1, -0.05) is 43.3 Å². The Bertz CT molecular complexity index is 1540. The highest BCUT2D eigenvalue weighted by atomic mass is 35.5. The first-order chi connectivity index (χ1) is 17.8. The van der Waals surface area contributed by atoms with E-state index in [1.54, 1.807) is 35.0 Å². The molecule has 10 heteroatoms. The summed E-state index contributed by atoms with van der Waals surface area (Å²) >= 11 is 8.00. The summed E-state index contributed by atoms with van der Waals surface area (Å²) in [5.41, 5.74) is 2.51. The fraction of sp³-hybridized carbons (Fsp3) is 0.286. The monoisotopic (exact) mass is 570 g/mol. The number of nitrogens with zero attached hydrogens (tertiary/aromatic N) is 2. The minimum absolute atomic E-state index is 0. The minimum atomic E-state index is -3.32. The Morgan fingerprint density at radius 3 is 2.66 bits per heavy atom. The number of carbonyl (C=O) groups is 1. The SMILES string of the molecule is C.CS(=O)(=O)c1cccc(-c2ccc(-c3cc(C(=O)NCCC4CCCN4)nn3-c3ccccc3Cl)s2)c1. The predicted octanol–water partition coefficient (Wildman–Crippen LogP) is 5.83. The van der Waals surface area contributed by atoms with Gasteiger partial charge < -0.3 is 10.6 Å². The molecule has 2 aromatic heterocycles. The number of para-hydroxylation sites is 1. The van der Waals surface area contributed by atoms with Crippen molar-refractivity contribution >= 4 is 38.7 Å². The molecule has 1 fully saturated rings. The molecule has 2 N–H and O–H groups in total. The molecule has 38 heavy (non-hydrogen) atoms. The third-order valence-electron chi connectivity index (χ3n) is 6.37. The number of nitrogens with one attached hydrogen (secondary N) is 2. The first-order valence-corrected chi connectivity index (χ1v) is 15.2. The Kier molecular flexibility index (Phi) is 8.72. The van der Waals surface area contributed by atoms with Crippen LogP contribution in [-0.4, -0.2) is 49.5 Å². The van der Waals surface area contributed by atoms with E-state index in [1.807, 2.05) is 36.4 Å². The summed E-state index contributed by atoms with van der Waals surface area (Å²) in [5, 5.41) is 11.6. The summed E-state index contributed by atoms with van der Waals surface area (Å²) in [4.78, 5) is 15.0. The van der Waals surface area contributed by atoms with E-state index in [0.29, 0.717) is 29.0 Å². The maximum Gasteiger partial charge on any atom is 0.271 e. The van der Waals surface area contributed by atoms with Gasteiger partial charge in [0, 0.05) is 23.7 Å². The number of rotatable bonds is 8. The zero-order valence-electron chi connectivity index (χ0n) is 20.3. The topological polar surface area (TPSA) is 93.1 Å². The number of hydrogen-bond donors (Lipinski definition) is 2. The van der Waals surface area contributed by atoms with Gasteiger partial charge in [0.2, 0.25) is 0 Å². The zero-order chi connectivity index (χ0) is 26.0. The van der Waals surface area contributed by atoms with Crippen LogP contribution in [0.5, 0.6) is 0 Å². The van der Waals surface area contributed by atoms with E-state index in [0.717, 1.165) is 40.4 Å². The van der Waals surface area contributed by atoms with Crippen LogP contribution < -0.4 is 10.6 Å². The Morgan fingerprint density at radius 2 is 1.92 bits per heavy atom. The lowest BCUT2D eigenvalue weighted by molar-refractivity contribution is 0.0947. The van der Waals surface area contributed by atoms with Crippen molar-refractivity contribution < 1.29 is 13.2 Å². The average Bonchev–Trinajstić information content (AvgIpc) is 3.64. The molecule has 1 atom stereocenters. The summed E-state index contributed by atoms with van der Waals surface area (Å²) in [5.74, 6) is -0.234. The van der Waals surface area contributed by atoms with E-state index in [2.05, 4.69) is 15.7 Å². The number of sulfone groups is 1. The second-order valence-corrected chi connectivity index (χ2v) is 12.6. The van der Waals surface area contributed by atoms with Gasteiger partial charge in [0.15, 0.2) is 15.5 Å². The first-order valence-electron chi connectivity index (χ1n) is 12.1. The third-order valence-corrected chi connectivity index (χ3v) is 8.96. The second kappa shape index (κ2) is 11.8. The van der Waals surface area contributed by atoms with Crippen molar-refractivity contribution in [2.75, 3.05) is 19.3 Å². The van der Waals surface area contributed by atoms with Gasteiger partial charge >= 0.3 is 0 Å². The van der Waals surface area contributed by atoms with Gasteiger partial charge in [0.1, 0.15) is 0 Å². The molecule has 0 aliphatic carbocycles. The molecule has 2 aromatic carbocycles. The Labute approximate surface area is 232 Å². The van der Waals surface area contributed by atoms with Gasteiger partial charge in [-0.2, -0.15) is 5.10 Å². The number of thiophene rings is 1. The van der Waals surface area contributed by atoms with Crippen molar-refractivity contribution in [1.29, 1.82) is 0 Å². The lowest BCUT2D eigenvalue weighted by Crippen LogP contribution is -2.30. The summed E-state index contributed by atoms with van der Waals surface area (Å²) in [7, 11) is -3.32. The largest absolute Gasteiger partial charge is 0.351 e. The Balaban J connectivity index is 0.00000336. The molecular weight excluding hydrogens is 540 g/mol. The number of carbonyl (C=O) groups excluding carboxylic acids is 1. The molecule has 0 radical (unpaired) electrons. The molecule has 0 saturated carbocycles. The van der Waals surface area contributed by atoms with Crippen LogP contribution in [0.4, 0.5) is 0 Å². The van der Waals surface area contributed by atoms with Gasteiger partial charge in [-0.15, -0.1) is 11.3 Å². The van der Waals surface area contributed by atoms with Crippen LogP contribution in [0.1, 0.15) is 37.2 Å². The van der Waals surface area contributed by atoms with Crippen LogP contribution in [0.3, 0.4) is 0 Å². The smallest absolute Gasteiger partial charge is 0.271 e. The standard InChI is InChI=1S/C27H27ClN4O3S2.CH4/c1-37(34,35)20-8-4-6-18(16-20)25-11-12-26(36-25)24-17-22(27(33)30-15-13-19-7-5-14-29-19)31-32(24)23-10-3-2-9-21(23)28;/h2-4,6,8-12,16-17,19,29H,5,7,13-15H2,1H3,(H,30,33);1H4. The summed E-state index contributed by atoms with van der Waals surface area (Å²) in [6.07, 6.45) is 4.39. The zero-order valence-corrected chi connectivity index (χ0v) is 22.7. The molecule has 1 aliphatic rings. The fourth-order valence-corrected chi connectivity index (χ4v) is 6.33. The van der Waals surface area contributed by atoms with Crippen molar-refractivity contribution in [3.8, 4) is 26.7 Å². The second-order valence-electron chi connectivity index (χ2n) is 9.08. The summed E-state index contributed by atoms with van der Waals surface area (Å²) in [6, 6.07) is 20.4. The van der Waals surface area contributed by atoms with Crippen molar-refractivity contribution in [1.82, 2.24) is 20.4 Å². The molecule has 0 spiro atoms. The molecule has 1 aliphatic heterocycles. The fourth-order valence-electron chi connectivity index (χ4n) is 4.44. The Hall–Kier alpha value is -2.98. The summed E-state index contributed by atoms with van der Waals surface area (Å²) in [6.45, 7) is 1.61. The molecule has 1 amide bonds. The molecule has 4 aromatic rings. The van der Waals surface area contributed by atoms with Crippen LogP contribution in [0.25, 0.3) is 26.7 Å². The van der Waals surface area contributed by atoms with Crippen LogP contribution in [0.2, 0.25) is 5.02 Å². The number of hydrogen-bond acceptors (Lipinski definition) is 6. The molecule has 7 nitrogen and oxygen atoms in total. The van der Waals surface area contributed by atoms with Gasteiger partial charge in [-0.25, -0.2) is 13.1 Å². The van der Waals surface area contributed by atoms with Crippen molar-refractivity contribution in [3.63, 3.8) is 0 Å². The van der Waals surface area contributed by atoms with Gasteiger partial charge in [-0.3, -0.25) is 4.79 Å². The highest BCUT2D eigenvalue weighted by Gasteiger charge is 2.20. The van der Waals surface area contributed by atoms with Gasteiger partial charge in [0.05, 0.1) is 26.2 Å². The number of halogens is 1. The lowest BCUT2D eigenvalue weighted by atomic mass is 10.1. The van der Waals surface area contributed by atoms with Crippen molar-refractivity contribution in [2.24, 2.45) is 0 Å². The predicted molar refractivity (Wildman–Crippen MR) is 155 cm³/mol. The van der Waals surface area contributed by atoms with E-state index in [1.165, 1.54) is 24.0 Å². The van der Waals surface area contributed by atoms with Crippen LogP contribution >= 0.6 is 22.9 Å². The van der Waals surface area contributed by atoms with Crippen LogP contribution in [0, 0.1) is 0 Å². The van der Waals surface area contributed by atoms with E-state index in [4.69, 9.17) is 11.6 Å². The maximum atomic E-state index is 13.0. The van der Waals surface area contributed by atoms with Crippen LogP contribution in [0.15, 0.2) is 71.6 Å². The molecule has 200 valence electrons. The highest BCUT2D eigenvalue weighted by Crippen LogP contribution is 2.37. The number of amides is 1. The molecular formula is C28H31ClN4O3S2. The normalized spacial score (nSPS) is 15.3. The Morgan fingerprint density at radius 1 is 1.13 bits per heavy atom.